The monoisotopic (exact) mass is 350 g/mol. The van der Waals surface area contributed by atoms with Gasteiger partial charge in [0, 0.05) is 12.0 Å². The van der Waals surface area contributed by atoms with Crippen molar-refractivity contribution in [2.75, 3.05) is 13.2 Å². The molecule has 4 heteroatoms. The fourth-order valence-electron chi connectivity index (χ4n) is 2.96. The summed E-state index contributed by atoms with van der Waals surface area (Å²) in [6.45, 7) is 2.84. The van der Waals surface area contributed by atoms with Crippen LogP contribution in [0.25, 0.3) is 10.8 Å². The molecule has 0 aliphatic rings. The van der Waals surface area contributed by atoms with Crippen LogP contribution in [0, 0.1) is 6.92 Å². The second-order valence-corrected chi connectivity index (χ2v) is 6.17. The summed E-state index contributed by atoms with van der Waals surface area (Å²) in [6, 6.07) is 19.7. The maximum absolute atomic E-state index is 11.0. The minimum absolute atomic E-state index is 0.0736. The molecule has 0 unspecified atom stereocenters. The van der Waals surface area contributed by atoms with Gasteiger partial charge in [0.05, 0.1) is 0 Å². The van der Waals surface area contributed by atoms with Crippen molar-refractivity contribution in [2.45, 2.75) is 19.8 Å². The van der Waals surface area contributed by atoms with Crippen molar-refractivity contribution in [1.82, 2.24) is 0 Å². The van der Waals surface area contributed by atoms with Gasteiger partial charge in [-0.05, 0) is 47.9 Å². The molecule has 0 saturated carbocycles. The van der Waals surface area contributed by atoms with Crippen LogP contribution in [0.1, 0.15) is 17.5 Å². The van der Waals surface area contributed by atoms with E-state index in [-0.39, 0.29) is 6.42 Å². The number of rotatable bonds is 8. The van der Waals surface area contributed by atoms with Gasteiger partial charge in [0.1, 0.15) is 24.7 Å². The zero-order valence-corrected chi connectivity index (χ0v) is 14.8. The predicted octanol–water partition coefficient (Wildman–Crippen LogP) is 4.62. The zero-order valence-electron chi connectivity index (χ0n) is 14.8. The molecule has 0 bridgehead atoms. The maximum atomic E-state index is 11.0. The molecule has 0 fully saturated rings. The predicted molar refractivity (Wildman–Crippen MR) is 102 cm³/mol. The number of aryl methyl sites for hydroxylation is 2. The Bertz CT molecular complexity index is 902. The van der Waals surface area contributed by atoms with Crippen molar-refractivity contribution in [3.63, 3.8) is 0 Å². The van der Waals surface area contributed by atoms with Crippen molar-refractivity contribution < 1.29 is 19.4 Å². The van der Waals surface area contributed by atoms with E-state index in [1.807, 2.05) is 67.6 Å². The summed E-state index contributed by atoms with van der Waals surface area (Å²) in [5, 5.41) is 11.2. The Kier molecular flexibility index (Phi) is 5.74. The van der Waals surface area contributed by atoms with Gasteiger partial charge in [-0.2, -0.15) is 0 Å². The molecule has 0 saturated heterocycles. The Hall–Kier alpha value is -3.01. The molecule has 134 valence electrons. The summed E-state index contributed by atoms with van der Waals surface area (Å²) >= 11 is 0. The van der Waals surface area contributed by atoms with Crippen molar-refractivity contribution in [2.24, 2.45) is 0 Å². The third-order valence-corrected chi connectivity index (χ3v) is 4.19. The molecule has 3 rings (SSSR count). The minimum Gasteiger partial charge on any atom is -0.490 e. The number of aliphatic carboxylic acids is 1. The number of carboxylic acids is 1. The van der Waals surface area contributed by atoms with E-state index >= 15 is 0 Å². The normalized spacial score (nSPS) is 10.7. The number of hydrogen-bond donors (Lipinski definition) is 1. The summed E-state index contributed by atoms with van der Waals surface area (Å²) in [7, 11) is 0. The van der Waals surface area contributed by atoms with E-state index in [1.54, 1.807) is 0 Å². The van der Waals surface area contributed by atoms with Crippen LogP contribution < -0.4 is 9.47 Å². The molecule has 4 nitrogen and oxygen atoms in total. The van der Waals surface area contributed by atoms with Gasteiger partial charge in [-0.1, -0.05) is 42.5 Å². The second kappa shape index (κ2) is 8.39. The van der Waals surface area contributed by atoms with E-state index in [0.29, 0.717) is 19.6 Å². The molecular weight excluding hydrogens is 328 g/mol. The van der Waals surface area contributed by atoms with Gasteiger partial charge in [0.15, 0.2) is 0 Å². The third kappa shape index (κ3) is 4.54. The summed E-state index contributed by atoms with van der Waals surface area (Å²) in [5.74, 6) is 0.725. The summed E-state index contributed by atoms with van der Waals surface area (Å²) in [4.78, 5) is 11.0. The van der Waals surface area contributed by atoms with Crippen LogP contribution in [-0.2, 0) is 11.2 Å². The topological polar surface area (TPSA) is 55.8 Å². The average molecular weight is 350 g/mol. The second-order valence-electron chi connectivity index (χ2n) is 6.17. The lowest BCUT2D eigenvalue weighted by molar-refractivity contribution is -0.136. The highest BCUT2D eigenvalue weighted by atomic mass is 16.5. The minimum atomic E-state index is -0.813. The Balaban J connectivity index is 1.70. The van der Waals surface area contributed by atoms with Crippen molar-refractivity contribution in [1.29, 1.82) is 0 Å². The number of ether oxygens (including phenoxy) is 2. The average Bonchev–Trinajstić information content (AvgIpc) is 2.64. The molecule has 0 amide bonds. The Morgan fingerprint density at radius 3 is 2.58 bits per heavy atom. The van der Waals surface area contributed by atoms with Crippen LogP contribution in [0.15, 0.2) is 60.7 Å². The Morgan fingerprint density at radius 1 is 0.962 bits per heavy atom. The van der Waals surface area contributed by atoms with Gasteiger partial charge >= 0.3 is 5.97 Å². The smallest absolute Gasteiger partial charge is 0.303 e. The molecule has 3 aromatic rings. The number of carbonyl (C=O) groups is 1. The lowest BCUT2D eigenvalue weighted by Gasteiger charge is -2.14. The van der Waals surface area contributed by atoms with Crippen LogP contribution in [0.5, 0.6) is 11.5 Å². The fraction of sp³-hybridized carbons (Fsp3) is 0.227. The van der Waals surface area contributed by atoms with E-state index in [0.717, 1.165) is 33.4 Å². The molecule has 1 N–H and O–H groups in total. The van der Waals surface area contributed by atoms with Gasteiger partial charge in [-0.25, -0.2) is 0 Å². The lowest BCUT2D eigenvalue weighted by Crippen LogP contribution is -2.10. The van der Waals surface area contributed by atoms with Crippen molar-refractivity contribution in [3.05, 3.63) is 71.8 Å². The molecule has 0 aromatic heterocycles. The zero-order chi connectivity index (χ0) is 18.4. The summed E-state index contributed by atoms with van der Waals surface area (Å²) < 4.78 is 11.6. The van der Waals surface area contributed by atoms with E-state index in [4.69, 9.17) is 14.6 Å². The van der Waals surface area contributed by atoms with Gasteiger partial charge in [0.25, 0.3) is 0 Å². The van der Waals surface area contributed by atoms with Gasteiger partial charge < -0.3 is 14.6 Å². The first-order valence-electron chi connectivity index (χ1n) is 8.68. The van der Waals surface area contributed by atoms with Crippen LogP contribution in [0.2, 0.25) is 0 Å². The summed E-state index contributed by atoms with van der Waals surface area (Å²) in [5.41, 5.74) is 2.08. The molecule has 3 aromatic carbocycles. The first-order chi connectivity index (χ1) is 12.6. The highest BCUT2D eigenvalue weighted by Crippen LogP contribution is 2.29. The largest absolute Gasteiger partial charge is 0.490 e. The Labute approximate surface area is 153 Å². The van der Waals surface area contributed by atoms with Crippen LogP contribution >= 0.6 is 0 Å². The van der Waals surface area contributed by atoms with E-state index in [9.17, 15) is 4.79 Å². The molecule has 0 heterocycles. The van der Waals surface area contributed by atoms with Gasteiger partial charge in [-0.15, -0.1) is 0 Å². The number of benzene rings is 3. The first-order valence-corrected chi connectivity index (χ1v) is 8.68. The van der Waals surface area contributed by atoms with Crippen LogP contribution in [-0.4, -0.2) is 24.3 Å². The maximum Gasteiger partial charge on any atom is 0.303 e. The molecule has 26 heavy (non-hydrogen) atoms. The van der Waals surface area contributed by atoms with Gasteiger partial charge in [0.2, 0.25) is 0 Å². The van der Waals surface area contributed by atoms with Crippen LogP contribution in [0.4, 0.5) is 0 Å². The van der Waals surface area contributed by atoms with Gasteiger partial charge in [-0.3, -0.25) is 4.79 Å². The quantitative estimate of drug-likeness (QED) is 0.602. The van der Waals surface area contributed by atoms with Crippen molar-refractivity contribution >= 4 is 16.7 Å². The molecule has 0 aliphatic carbocycles. The molecule has 0 radical (unpaired) electrons. The van der Waals surface area contributed by atoms with E-state index in [2.05, 4.69) is 0 Å². The number of carboxylic acid groups (broad SMARTS) is 1. The Morgan fingerprint density at radius 2 is 1.77 bits per heavy atom. The first kappa shape index (κ1) is 17.8. The summed E-state index contributed by atoms with van der Waals surface area (Å²) in [6.07, 6.45) is 0.509. The third-order valence-electron chi connectivity index (χ3n) is 4.19. The molecule has 0 aliphatic heterocycles. The number of fused-ring (bicyclic) bond motifs is 1. The molecular formula is C22H22O4. The fourth-order valence-corrected chi connectivity index (χ4v) is 2.96. The SMILES string of the molecule is Cc1cccc(OCCOc2ccc3ccccc3c2CCC(=O)O)c1. The van der Waals surface area contributed by atoms with Crippen LogP contribution in [0.3, 0.4) is 0 Å². The van der Waals surface area contributed by atoms with E-state index in [1.165, 1.54) is 0 Å². The molecule has 0 atom stereocenters. The standard InChI is InChI=1S/C22H22O4/c1-16-5-4-7-18(15-16)25-13-14-26-21-11-9-17-6-2-3-8-19(17)20(21)10-12-22(23)24/h2-9,11,15H,10,12-14H2,1H3,(H,23,24). The van der Waals surface area contributed by atoms with E-state index < -0.39 is 5.97 Å². The lowest BCUT2D eigenvalue weighted by atomic mass is 10.00. The highest BCUT2D eigenvalue weighted by Gasteiger charge is 2.11. The van der Waals surface area contributed by atoms with Crippen molar-refractivity contribution in [3.8, 4) is 11.5 Å². The molecule has 0 spiro atoms. The number of hydrogen-bond acceptors (Lipinski definition) is 3. The highest BCUT2D eigenvalue weighted by molar-refractivity contribution is 5.88.